The van der Waals surface area contributed by atoms with E-state index < -0.39 is 0 Å². The summed E-state index contributed by atoms with van der Waals surface area (Å²) < 4.78 is 0. The van der Waals surface area contributed by atoms with Gasteiger partial charge in [0.15, 0.2) is 0 Å². The molecular weight excluding hydrogens is 280 g/mol. The Kier molecular flexibility index (Phi) is 5.74. The van der Waals surface area contributed by atoms with Crippen molar-refractivity contribution in [2.24, 2.45) is 11.7 Å². The minimum atomic E-state index is 0.127. The highest BCUT2D eigenvalue weighted by molar-refractivity contribution is 7.80. The second-order valence-corrected chi connectivity index (χ2v) is 6.26. The highest BCUT2D eigenvalue weighted by Crippen LogP contribution is 2.23. The molecule has 1 atom stereocenters. The van der Waals surface area contributed by atoms with E-state index in [1.807, 2.05) is 29.2 Å². The smallest absolute Gasteiger partial charge is 0.253 e. The van der Waals surface area contributed by atoms with Crippen LogP contribution in [0.25, 0.3) is 0 Å². The van der Waals surface area contributed by atoms with Crippen LogP contribution in [0.4, 0.5) is 0 Å². The Bertz CT molecular complexity index is 498. The minimum absolute atomic E-state index is 0.127. The van der Waals surface area contributed by atoms with Gasteiger partial charge in [0.25, 0.3) is 5.91 Å². The zero-order chi connectivity index (χ0) is 15.2. The molecule has 0 aliphatic carbocycles. The third-order valence-corrected chi connectivity index (χ3v) is 4.48. The number of nitrogens with two attached hydrogens (primary N) is 1. The van der Waals surface area contributed by atoms with E-state index in [0.717, 1.165) is 43.0 Å². The summed E-state index contributed by atoms with van der Waals surface area (Å²) in [6, 6.07) is 7.30. The molecule has 0 bridgehead atoms. The van der Waals surface area contributed by atoms with Gasteiger partial charge in [0, 0.05) is 24.2 Å². The number of amides is 1. The van der Waals surface area contributed by atoms with Crippen molar-refractivity contribution < 1.29 is 4.79 Å². The normalized spacial score (nSPS) is 19.1. The Morgan fingerprint density at radius 3 is 2.52 bits per heavy atom. The fourth-order valence-corrected chi connectivity index (χ4v) is 3.16. The van der Waals surface area contributed by atoms with Crippen molar-refractivity contribution in [2.45, 2.75) is 39.0 Å². The van der Waals surface area contributed by atoms with Crippen LogP contribution in [0.5, 0.6) is 0 Å². The summed E-state index contributed by atoms with van der Waals surface area (Å²) in [7, 11) is 0. The number of hydrogen-bond acceptors (Lipinski definition) is 2. The molecule has 1 heterocycles. The summed E-state index contributed by atoms with van der Waals surface area (Å²) in [5.41, 5.74) is 7.12. The van der Waals surface area contributed by atoms with Gasteiger partial charge in [-0.1, -0.05) is 44.1 Å². The van der Waals surface area contributed by atoms with Gasteiger partial charge in [0.1, 0.15) is 4.99 Å². The highest BCUT2D eigenvalue weighted by Gasteiger charge is 2.21. The zero-order valence-corrected chi connectivity index (χ0v) is 13.5. The molecule has 1 saturated heterocycles. The van der Waals surface area contributed by atoms with Gasteiger partial charge in [-0.2, -0.15) is 0 Å². The molecule has 1 amide bonds. The summed E-state index contributed by atoms with van der Waals surface area (Å²) in [4.78, 5) is 14.9. The second-order valence-electron chi connectivity index (χ2n) is 5.82. The fourth-order valence-electron chi connectivity index (χ4n) is 3.03. The predicted octanol–water partition coefficient (Wildman–Crippen LogP) is 3.36. The largest absolute Gasteiger partial charge is 0.389 e. The molecule has 1 aliphatic heterocycles. The molecule has 1 aromatic carbocycles. The molecule has 0 radical (unpaired) electrons. The number of likely N-dealkylation sites (tertiary alicyclic amines) is 1. The van der Waals surface area contributed by atoms with E-state index in [1.54, 1.807) is 0 Å². The molecule has 1 aliphatic rings. The molecule has 1 aromatic rings. The summed E-state index contributed by atoms with van der Waals surface area (Å²) in [5, 5.41) is 0. The van der Waals surface area contributed by atoms with Gasteiger partial charge >= 0.3 is 0 Å². The van der Waals surface area contributed by atoms with E-state index in [2.05, 4.69) is 6.92 Å². The number of benzene rings is 1. The van der Waals surface area contributed by atoms with Crippen molar-refractivity contribution in [3.05, 3.63) is 35.4 Å². The maximum absolute atomic E-state index is 12.6. The third kappa shape index (κ3) is 4.27. The molecule has 2 rings (SSSR count). The van der Waals surface area contributed by atoms with E-state index >= 15 is 0 Å². The van der Waals surface area contributed by atoms with Gasteiger partial charge in [0.2, 0.25) is 0 Å². The lowest BCUT2D eigenvalue weighted by molar-refractivity contribution is 0.0760. The Hall–Kier alpha value is -1.42. The van der Waals surface area contributed by atoms with Crippen LogP contribution in [-0.2, 0) is 0 Å². The summed E-state index contributed by atoms with van der Waals surface area (Å²) in [5.74, 6) is 0.909. The Morgan fingerprint density at radius 1 is 1.24 bits per heavy atom. The number of nitrogens with zero attached hydrogens (tertiary/aromatic N) is 1. The van der Waals surface area contributed by atoms with Crippen molar-refractivity contribution >= 4 is 23.1 Å². The third-order valence-electron chi connectivity index (χ3n) is 4.25. The van der Waals surface area contributed by atoms with Crippen LogP contribution >= 0.6 is 12.2 Å². The maximum atomic E-state index is 12.6. The quantitative estimate of drug-likeness (QED) is 0.868. The van der Waals surface area contributed by atoms with E-state index in [9.17, 15) is 4.79 Å². The first-order valence-corrected chi connectivity index (χ1v) is 8.21. The standard InChI is InChI=1S/C17H24N2OS/c1-2-4-13-5-3-11-19(12-10-13)17(20)15-8-6-14(7-9-15)16(18)21/h6-9,13H,2-5,10-12H2,1H3,(H2,18,21). The molecule has 4 heteroatoms. The Morgan fingerprint density at radius 2 is 1.90 bits per heavy atom. The zero-order valence-electron chi connectivity index (χ0n) is 12.7. The van der Waals surface area contributed by atoms with E-state index in [4.69, 9.17) is 18.0 Å². The summed E-state index contributed by atoms with van der Waals surface area (Å²) in [6.07, 6.45) is 6.01. The molecule has 1 unspecified atom stereocenters. The lowest BCUT2D eigenvalue weighted by atomic mass is 9.96. The fraction of sp³-hybridized carbons (Fsp3) is 0.529. The number of carbonyl (C=O) groups is 1. The lowest BCUT2D eigenvalue weighted by Crippen LogP contribution is -2.32. The summed E-state index contributed by atoms with van der Waals surface area (Å²) in [6.45, 7) is 3.98. The molecule has 3 nitrogen and oxygen atoms in total. The molecular formula is C17H24N2OS. The topological polar surface area (TPSA) is 46.3 Å². The van der Waals surface area contributed by atoms with Gasteiger partial charge in [-0.15, -0.1) is 0 Å². The molecule has 1 fully saturated rings. The second kappa shape index (κ2) is 7.55. The van der Waals surface area contributed by atoms with Crippen molar-refractivity contribution in [2.75, 3.05) is 13.1 Å². The first-order chi connectivity index (χ1) is 10.1. The maximum Gasteiger partial charge on any atom is 0.253 e. The molecule has 0 aromatic heterocycles. The first-order valence-electron chi connectivity index (χ1n) is 7.81. The first kappa shape index (κ1) is 16.0. The van der Waals surface area contributed by atoms with Crippen LogP contribution < -0.4 is 5.73 Å². The number of rotatable bonds is 4. The highest BCUT2D eigenvalue weighted by atomic mass is 32.1. The average Bonchev–Trinajstić information content (AvgIpc) is 2.73. The van der Waals surface area contributed by atoms with Crippen LogP contribution in [0, 0.1) is 5.92 Å². The van der Waals surface area contributed by atoms with Crippen LogP contribution in [0.1, 0.15) is 54.9 Å². The molecule has 2 N–H and O–H groups in total. The SMILES string of the molecule is CCCC1CCCN(C(=O)c2ccc(C(N)=S)cc2)CC1. The van der Waals surface area contributed by atoms with Crippen LogP contribution in [0.2, 0.25) is 0 Å². The van der Waals surface area contributed by atoms with Crippen LogP contribution in [0.3, 0.4) is 0 Å². The monoisotopic (exact) mass is 304 g/mol. The van der Waals surface area contributed by atoms with Crippen molar-refractivity contribution in [1.82, 2.24) is 4.90 Å². The van der Waals surface area contributed by atoms with E-state index in [-0.39, 0.29) is 5.91 Å². The lowest BCUT2D eigenvalue weighted by Gasteiger charge is -2.21. The molecule has 114 valence electrons. The van der Waals surface area contributed by atoms with Crippen LogP contribution in [-0.4, -0.2) is 28.9 Å². The van der Waals surface area contributed by atoms with E-state index in [1.165, 1.54) is 19.3 Å². The van der Waals surface area contributed by atoms with Gasteiger partial charge < -0.3 is 10.6 Å². The number of thiocarbonyl (C=S) groups is 1. The summed E-state index contributed by atoms with van der Waals surface area (Å²) >= 11 is 4.93. The van der Waals surface area contributed by atoms with Gasteiger partial charge in [-0.25, -0.2) is 0 Å². The van der Waals surface area contributed by atoms with Gasteiger partial charge in [0.05, 0.1) is 0 Å². The number of carbonyl (C=O) groups excluding carboxylic acids is 1. The van der Waals surface area contributed by atoms with E-state index in [0.29, 0.717) is 4.99 Å². The van der Waals surface area contributed by atoms with Crippen LogP contribution in [0.15, 0.2) is 24.3 Å². The minimum Gasteiger partial charge on any atom is -0.389 e. The molecule has 0 saturated carbocycles. The Balaban J connectivity index is 2.00. The van der Waals surface area contributed by atoms with Gasteiger partial charge in [-0.3, -0.25) is 4.79 Å². The molecule has 21 heavy (non-hydrogen) atoms. The van der Waals surface area contributed by atoms with Crippen molar-refractivity contribution in [1.29, 1.82) is 0 Å². The van der Waals surface area contributed by atoms with Crippen molar-refractivity contribution in [3.63, 3.8) is 0 Å². The Labute approximate surface area is 132 Å². The van der Waals surface area contributed by atoms with Crippen molar-refractivity contribution in [3.8, 4) is 0 Å². The predicted molar refractivity (Wildman–Crippen MR) is 90.5 cm³/mol. The molecule has 0 spiro atoms. The average molecular weight is 304 g/mol. The number of hydrogen-bond donors (Lipinski definition) is 1. The van der Waals surface area contributed by atoms with Gasteiger partial charge in [-0.05, 0) is 37.3 Å².